The van der Waals surface area contributed by atoms with Crippen LogP contribution in [0.5, 0.6) is 0 Å². The van der Waals surface area contributed by atoms with Gasteiger partial charge in [0, 0.05) is 5.39 Å². The van der Waals surface area contributed by atoms with Gasteiger partial charge in [-0.3, -0.25) is 4.79 Å². The fourth-order valence-electron chi connectivity index (χ4n) is 1.54. The van der Waals surface area contributed by atoms with E-state index in [0.29, 0.717) is 0 Å². The molecule has 98 valence electrons. The van der Waals surface area contributed by atoms with E-state index in [1.54, 1.807) is 13.2 Å². The zero-order chi connectivity index (χ0) is 13.4. The highest BCUT2D eigenvalue weighted by Crippen LogP contribution is 2.12. The number of carbonyl (C=O) groups is 1. The van der Waals surface area contributed by atoms with Crippen molar-refractivity contribution in [3.8, 4) is 0 Å². The number of rotatable bonds is 4. The van der Waals surface area contributed by atoms with E-state index in [0.717, 1.165) is 30.2 Å². The number of carboxylic acids is 1. The fourth-order valence-corrected chi connectivity index (χ4v) is 1.54. The number of hydrogen-bond acceptors (Lipinski definition) is 2. The standard InChI is InChI=1S/C8H6O.C7H14O2/c1-2-4-8-7(3-1)5-6-9-8;1-3-4-5-6(2)7(8)9/h1-6H;6H,3-5H2,1-2H3,(H,8,9). The molecule has 1 unspecified atom stereocenters. The van der Waals surface area contributed by atoms with Crippen molar-refractivity contribution in [2.45, 2.75) is 33.1 Å². The Morgan fingerprint density at radius 2 is 2.06 bits per heavy atom. The van der Waals surface area contributed by atoms with Gasteiger partial charge in [0.25, 0.3) is 0 Å². The zero-order valence-corrected chi connectivity index (χ0v) is 10.9. The van der Waals surface area contributed by atoms with Gasteiger partial charge in [0.2, 0.25) is 0 Å². The molecule has 0 radical (unpaired) electrons. The van der Waals surface area contributed by atoms with Crippen LogP contribution in [0.25, 0.3) is 11.0 Å². The molecule has 18 heavy (non-hydrogen) atoms. The summed E-state index contributed by atoms with van der Waals surface area (Å²) in [7, 11) is 0. The van der Waals surface area contributed by atoms with Gasteiger partial charge >= 0.3 is 5.97 Å². The van der Waals surface area contributed by atoms with Crippen LogP contribution >= 0.6 is 0 Å². The number of hydrogen-bond donors (Lipinski definition) is 1. The van der Waals surface area contributed by atoms with E-state index in [4.69, 9.17) is 9.52 Å². The third-order valence-corrected chi connectivity index (χ3v) is 2.77. The molecule has 1 aromatic heterocycles. The van der Waals surface area contributed by atoms with E-state index in [1.165, 1.54) is 0 Å². The number of carboxylic acid groups (broad SMARTS) is 1. The van der Waals surface area contributed by atoms with Crippen molar-refractivity contribution >= 4 is 16.9 Å². The first-order valence-electron chi connectivity index (χ1n) is 6.30. The number of aliphatic carboxylic acids is 1. The van der Waals surface area contributed by atoms with Crippen LogP contribution in [0.2, 0.25) is 0 Å². The van der Waals surface area contributed by atoms with Crippen molar-refractivity contribution in [2.75, 3.05) is 0 Å². The quantitative estimate of drug-likeness (QED) is 0.876. The van der Waals surface area contributed by atoms with Gasteiger partial charge in [-0.05, 0) is 18.6 Å². The Balaban J connectivity index is 0.000000180. The number of fused-ring (bicyclic) bond motifs is 1. The summed E-state index contributed by atoms with van der Waals surface area (Å²) in [6, 6.07) is 9.90. The first-order valence-corrected chi connectivity index (χ1v) is 6.30. The van der Waals surface area contributed by atoms with Crippen LogP contribution in [-0.4, -0.2) is 11.1 Å². The molecule has 2 rings (SSSR count). The van der Waals surface area contributed by atoms with Crippen molar-refractivity contribution in [1.29, 1.82) is 0 Å². The Morgan fingerprint density at radius 1 is 1.33 bits per heavy atom. The summed E-state index contributed by atoms with van der Waals surface area (Å²) >= 11 is 0. The van der Waals surface area contributed by atoms with Gasteiger partial charge in [-0.2, -0.15) is 0 Å². The Kier molecular flexibility index (Phi) is 5.98. The molecule has 0 saturated heterocycles. The second-order valence-corrected chi connectivity index (χ2v) is 4.34. The van der Waals surface area contributed by atoms with E-state index < -0.39 is 5.97 Å². The highest BCUT2D eigenvalue weighted by molar-refractivity contribution is 5.76. The third kappa shape index (κ3) is 4.62. The maximum Gasteiger partial charge on any atom is 0.306 e. The van der Waals surface area contributed by atoms with E-state index in [1.807, 2.05) is 30.3 Å². The molecule has 0 aliphatic rings. The van der Waals surface area contributed by atoms with E-state index in [9.17, 15) is 4.79 Å². The number of unbranched alkanes of at least 4 members (excludes halogenated alkanes) is 1. The van der Waals surface area contributed by atoms with E-state index >= 15 is 0 Å². The molecule has 0 amide bonds. The summed E-state index contributed by atoms with van der Waals surface area (Å²) < 4.78 is 5.12. The van der Waals surface area contributed by atoms with Crippen LogP contribution in [0.4, 0.5) is 0 Å². The fraction of sp³-hybridized carbons (Fsp3) is 0.400. The molecule has 0 fully saturated rings. The van der Waals surface area contributed by atoms with Crippen molar-refractivity contribution in [3.63, 3.8) is 0 Å². The van der Waals surface area contributed by atoms with Gasteiger partial charge in [-0.25, -0.2) is 0 Å². The van der Waals surface area contributed by atoms with Crippen LogP contribution in [0, 0.1) is 5.92 Å². The smallest absolute Gasteiger partial charge is 0.306 e. The van der Waals surface area contributed by atoms with Crippen LogP contribution in [0.1, 0.15) is 33.1 Å². The molecule has 1 atom stereocenters. The molecule has 3 nitrogen and oxygen atoms in total. The van der Waals surface area contributed by atoms with Gasteiger partial charge < -0.3 is 9.52 Å². The lowest BCUT2D eigenvalue weighted by molar-refractivity contribution is -0.141. The summed E-state index contributed by atoms with van der Waals surface area (Å²) in [5.41, 5.74) is 0.956. The normalized spacial score (nSPS) is 11.7. The number of furan rings is 1. The van der Waals surface area contributed by atoms with Crippen molar-refractivity contribution in [3.05, 3.63) is 36.6 Å². The molecule has 3 heteroatoms. The Labute approximate surface area is 107 Å². The zero-order valence-electron chi connectivity index (χ0n) is 10.9. The molecule has 1 N–H and O–H groups in total. The van der Waals surface area contributed by atoms with Crippen LogP contribution in [-0.2, 0) is 4.79 Å². The Bertz CT molecular complexity index is 443. The van der Waals surface area contributed by atoms with Gasteiger partial charge in [-0.1, -0.05) is 44.9 Å². The van der Waals surface area contributed by atoms with E-state index in [-0.39, 0.29) is 5.92 Å². The predicted molar refractivity (Wildman–Crippen MR) is 72.5 cm³/mol. The summed E-state index contributed by atoms with van der Waals surface area (Å²) in [5, 5.41) is 9.57. The van der Waals surface area contributed by atoms with Gasteiger partial charge in [-0.15, -0.1) is 0 Å². The minimum Gasteiger partial charge on any atom is -0.481 e. The van der Waals surface area contributed by atoms with Gasteiger partial charge in [0.05, 0.1) is 12.2 Å². The van der Waals surface area contributed by atoms with Crippen molar-refractivity contribution in [2.24, 2.45) is 5.92 Å². The summed E-state index contributed by atoms with van der Waals surface area (Å²) in [5.74, 6) is -0.839. The molecular weight excluding hydrogens is 228 g/mol. The number of para-hydroxylation sites is 1. The monoisotopic (exact) mass is 248 g/mol. The average molecular weight is 248 g/mol. The van der Waals surface area contributed by atoms with Gasteiger partial charge in [0.15, 0.2) is 0 Å². The molecule has 2 aromatic rings. The molecule has 0 aliphatic carbocycles. The Morgan fingerprint density at radius 3 is 2.67 bits per heavy atom. The minimum atomic E-state index is -0.677. The predicted octanol–water partition coefficient (Wildman–Crippen LogP) is 4.33. The molecule has 0 saturated carbocycles. The average Bonchev–Trinajstić information content (AvgIpc) is 2.84. The molecule has 0 aliphatic heterocycles. The van der Waals surface area contributed by atoms with Crippen LogP contribution in [0.3, 0.4) is 0 Å². The lowest BCUT2D eigenvalue weighted by Gasteiger charge is -2.02. The molecule has 0 bridgehead atoms. The third-order valence-electron chi connectivity index (χ3n) is 2.77. The lowest BCUT2D eigenvalue weighted by Crippen LogP contribution is -2.08. The number of benzene rings is 1. The molecule has 1 aromatic carbocycles. The second-order valence-electron chi connectivity index (χ2n) is 4.34. The van der Waals surface area contributed by atoms with Gasteiger partial charge in [0.1, 0.15) is 5.58 Å². The van der Waals surface area contributed by atoms with Crippen molar-refractivity contribution < 1.29 is 14.3 Å². The maximum absolute atomic E-state index is 10.2. The van der Waals surface area contributed by atoms with Crippen LogP contribution in [0.15, 0.2) is 41.0 Å². The molecule has 1 heterocycles. The topological polar surface area (TPSA) is 50.4 Å². The van der Waals surface area contributed by atoms with Crippen molar-refractivity contribution in [1.82, 2.24) is 0 Å². The maximum atomic E-state index is 10.2. The first kappa shape index (κ1) is 14.3. The second kappa shape index (κ2) is 7.54. The minimum absolute atomic E-state index is 0.162. The highest BCUT2D eigenvalue weighted by Gasteiger charge is 2.08. The summed E-state index contributed by atoms with van der Waals surface area (Å²) in [6.07, 6.45) is 4.61. The molecule has 0 spiro atoms. The Hall–Kier alpha value is -1.77. The summed E-state index contributed by atoms with van der Waals surface area (Å²) in [4.78, 5) is 10.2. The SMILES string of the molecule is CCCCC(C)C(=O)O.c1ccc2occc2c1. The highest BCUT2D eigenvalue weighted by atomic mass is 16.4. The van der Waals surface area contributed by atoms with E-state index in [2.05, 4.69) is 6.92 Å². The summed E-state index contributed by atoms with van der Waals surface area (Å²) in [6.45, 7) is 3.81. The molecular formula is C15H20O3. The van der Waals surface area contributed by atoms with Crippen LogP contribution < -0.4 is 0 Å². The largest absolute Gasteiger partial charge is 0.481 e. The first-order chi connectivity index (χ1) is 8.65. The lowest BCUT2D eigenvalue weighted by atomic mass is 10.1.